The van der Waals surface area contributed by atoms with Crippen LogP contribution >= 0.6 is 0 Å². The monoisotopic (exact) mass is 618 g/mol. The van der Waals surface area contributed by atoms with Crippen molar-refractivity contribution in [3.05, 3.63) is 148 Å². The van der Waals surface area contributed by atoms with E-state index in [9.17, 15) is 15.0 Å². The molecule has 4 heteroatoms. The first kappa shape index (κ1) is 28.4. The zero-order chi connectivity index (χ0) is 31.7. The molecule has 4 nitrogen and oxygen atoms in total. The van der Waals surface area contributed by atoms with Crippen molar-refractivity contribution in [2.24, 2.45) is 17.8 Å². The first-order valence-electron chi connectivity index (χ1n) is 17.1. The second kappa shape index (κ2) is 10.9. The number of carboxylic acids is 1. The maximum Gasteiger partial charge on any atom is 0.336 e. The molecule has 1 atom stereocenters. The number of carboxylic acid groups (broad SMARTS) is 1. The number of fused-ring (bicyclic) bond motifs is 2. The molecule has 10 rings (SSSR count). The molecule has 4 aliphatic carbocycles. The summed E-state index contributed by atoms with van der Waals surface area (Å²) >= 11 is 0. The second-order valence-corrected chi connectivity index (χ2v) is 14.6. The van der Waals surface area contributed by atoms with E-state index in [1.807, 2.05) is 30.3 Å². The number of rotatable bonds is 6. The highest BCUT2D eigenvalue weighted by atomic mass is 16.5. The molecule has 0 amide bonds. The smallest absolute Gasteiger partial charge is 0.336 e. The topological polar surface area (TPSA) is 66.8 Å². The third kappa shape index (κ3) is 4.85. The molecular weight excluding hydrogens is 580 g/mol. The molecule has 4 saturated carbocycles. The lowest BCUT2D eigenvalue weighted by molar-refractivity contribution is -0.00557. The van der Waals surface area contributed by atoms with Gasteiger partial charge < -0.3 is 14.9 Å². The zero-order valence-corrected chi connectivity index (χ0v) is 26.4. The number of phenolic OH excluding ortho intramolecular Hbond substituents is 1. The summed E-state index contributed by atoms with van der Waals surface area (Å²) < 4.78 is 6.50. The normalized spacial score (nSPS) is 25.1. The molecule has 4 fully saturated rings. The Balaban J connectivity index is 1.20. The number of ether oxygens (including phenoxy) is 1. The highest BCUT2D eigenvalue weighted by molar-refractivity contribution is 5.96. The zero-order valence-electron chi connectivity index (χ0n) is 26.4. The SMILES string of the molecule is O=C(O)c1ccccc1-c1ccc2c(c1)Oc1cc(O)ccc1C2c1ccc(Cc2ccccc2)c(C23CC4CC(CC(C4)C2)C3)c1. The summed E-state index contributed by atoms with van der Waals surface area (Å²) in [5, 5.41) is 20.4. The van der Waals surface area contributed by atoms with Crippen LogP contribution in [0.1, 0.15) is 88.2 Å². The van der Waals surface area contributed by atoms with Gasteiger partial charge in [0.05, 0.1) is 5.56 Å². The minimum atomic E-state index is -0.958. The Morgan fingerprint density at radius 1 is 0.723 bits per heavy atom. The lowest BCUT2D eigenvalue weighted by Gasteiger charge is -2.57. The number of carbonyl (C=O) groups is 1. The second-order valence-electron chi connectivity index (χ2n) is 14.6. The van der Waals surface area contributed by atoms with Gasteiger partial charge in [0.1, 0.15) is 17.2 Å². The van der Waals surface area contributed by atoms with Crippen molar-refractivity contribution >= 4 is 5.97 Å². The van der Waals surface area contributed by atoms with Gasteiger partial charge in [0.25, 0.3) is 0 Å². The molecule has 0 aromatic heterocycles. The molecule has 4 bridgehead atoms. The van der Waals surface area contributed by atoms with Crippen LogP contribution in [-0.4, -0.2) is 16.2 Å². The van der Waals surface area contributed by atoms with Crippen molar-refractivity contribution < 1.29 is 19.7 Å². The number of aromatic hydroxyl groups is 1. The Hall–Kier alpha value is -4.83. The highest BCUT2D eigenvalue weighted by Crippen LogP contribution is 2.62. The molecule has 5 aromatic carbocycles. The van der Waals surface area contributed by atoms with Crippen LogP contribution in [0.25, 0.3) is 11.1 Å². The number of hydrogen-bond acceptors (Lipinski definition) is 3. The summed E-state index contributed by atoms with van der Waals surface area (Å²) in [5.74, 6) is 2.96. The largest absolute Gasteiger partial charge is 0.508 e. The minimum Gasteiger partial charge on any atom is -0.508 e. The fourth-order valence-electron chi connectivity index (χ4n) is 10.1. The lowest BCUT2D eigenvalue weighted by Crippen LogP contribution is -2.49. The average molecular weight is 619 g/mol. The number of benzene rings is 5. The third-order valence-electron chi connectivity index (χ3n) is 11.6. The summed E-state index contributed by atoms with van der Waals surface area (Å²) in [6, 6.07) is 36.7. The van der Waals surface area contributed by atoms with Gasteiger partial charge in [-0.2, -0.15) is 0 Å². The molecule has 234 valence electrons. The number of phenols is 1. The Morgan fingerprint density at radius 3 is 2.11 bits per heavy atom. The Labute approximate surface area is 275 Å². The maximum absolute atomic E-state index is 12.1. The molecule has 1 heterocycles. The van der Waals surface area contributed by atoms with Gasteiger partial charge in [-0.25, -0.2) is 4.79 Å². The van der Waals surface area contributed by atoms with Gasteiger partial charge in [0.2, 0.25) is 0 Å². The van der Waals surface area contributed by atoms with Gasteiger partial charge in [-0.3, -0.25) is 0 Å². The molecule has 2 N–H and O–H groups in total. The van der Waals surface area contributed by atoms with Gasteiger partial charge >= 0.3 is 5.97 Å². The number of aromatic carboxylic acids is 1. The quantitative estimate of drug-likeness (QED) is 0.195. The van der Waals surface area contributed by atoms with Crippen molar-refractivity contribution in [1.29, 1.82) is 0 Å². The van der Waals surface area contributed by atoms with E-state index in [4.69, 9.17) is 4.74 Å². The summed E-state index contributed by atoms with van der Waals surface area (Å²) in [6.45, 7) is 0. The van der Waals surface area contributed by atoms with Crippen LogP contribution in [0.3, 0.4) is 0 Å². The molecule has 0 saturated heterocycles. The van der Waals surface area contributed by atoms with E-state index in [0.717, 1.165) is 40.9 Å². The van der Waals surface area contributed by atoms with Crippen molar-refractivity contribution in [2.75, 3.05) is 0 Å². The van der Waals surface area contributed by atoms with Gasteiger partial charge in [0, 0.05) is 23.1 Å². The fourth-order valence-corrected chi connectivity index (χ4v) is 10.1. The summed E-state index contributed by atoms with van der Waals surface area (Å²) in [5.41, 5.74) is 9.57. The third-order valence-corrected chi connectivity index (χ3v) is 11.6. The van der Waals surface area contributed by atoms with E-state index in [2.05, 4.69) is 54.6 Å². The predicted octanol–water partition coefficient (Wildman–Crippen LogP) is 10.1. The van der Waals surface area contributed by atoms with Crippen LogP contribution in [0.15, 0.2) is 109 Å². The molecular formula is C43H38O4. The van der Waals surface area contributed by atoms with Crippen molar-refractivity contribution in [3.63, 3.8) is 0 Å². The minimum absolute atomic E-state index is 0.0865. The van der Waals surface area contributed by atoms with Crippen molar-refractivity contribution in [2.45, 2.75) is 56.3 Å². The van der Waals surface area contributed by atoms with Crippen LogP contribution in [0.2, 0.25) is 0 Å². The van der Waals surface area contributed by atoms with E-state index in [0.29, 0.717) is 17.1 Å². The molecule has 5 aliphatic rings. The summed E-state index contributed by atoms with van der Waals surface area (Å²) in [7, 11) is 0. The molecule has 0 spiro atoms. The average Bonchev–Trinajstić information content (AvgIpc) is 3.07. The molecule has 5 aromatic rings. The van der Waals surface area contributed by atoms with Crippen LogP contribution in [0.4, 0.5) is 0 Å². The Morgan fingerprint density at radius 2 is 1.38 bits per heavy atom. The van der Waals surface area contributed by atoms with Crippen molar-refractivity contribution in [1.82, 2.24) is 0 Å². The van der Waals surface area contributed by atoms with Gasteiger partial charge in [-0.15, -0.1) is 0 Å². The number of hydrogen-bond donors (Lipinski definition) is 2. The summed E-state index contributed by atoms with van der Waals surface area (Å²) in [6.07, 6.45) is 9.04. The molecule has 47 heavy (non-hydrogen) atoms. The van der Waals surface area contributed by atoms with Crippen LogP contribution in [0, 0.1) is 17.8 Å². The first-order valence-corrected chi connectivity index (χ1v) is 17.1. The standard InChI is InChI=1S/C43H38O4/c44-33-13-15-37-40(22-33)47-39-21-30(34-8-4-5-9-35(34)42(45)46)12-14-36(39)41(37)32-11-10-31(19-26-6-2-1-3-7-26)38(20-32)43-23-27-16-28(24-43)18-29(17-27)25-43/h1-15,20-22,27-29,41,44H,16-19,23-25H2,(H,45,46). The molecule has 1 aliphatic heterocycles. The van der Waals surface area contributed by atoms with E-state index in [1.165, 1.54) is 55.2 Å². The van der Waals surface area contributed by atoms with Crippen molar-refractivity contribution in [3.8, 4) is 28.4 Å². The van der Waals surface area contributed by atoms with Crippen LogP contribution in [0.5, 0.6) is 17.2 Å². The van der Waals surface area contributed by atoms with E-state index in [1.54, 1.807) is 29.8 Å². The Kier molecular flexibility index (Phi) is 6.57. The van der Waals surface area contributed by atoms with E-state index >= 15 is 0 Å². The van der Waals surface area contributed by atoms with Crippen LogP contribution < -0.4 is 4.74 Å². The van der Waals surface area contributed by atoms with E-state index < -0.39 is 5.97 Å². The van der Waals surface area contributed by atoms with Gasteiger partial charge in [-0.05, 0) is 120 Å². The molecule has 0 radical (unpaired) electrons. The molecule has 1 unspecified atom stereocenters. The lowest BCUT2D eigenvalue weighted by atomic mass is 9.47. The maximum atomic E-state index is 12.1. The predicted molar refractivity (Wildman–Crippen MR) is 184 cm³/mol. The van der Waals surface area contributed by atoms with E-state index in [-0.39, 0.29) is 22.6 Å². The fraction of sp³-hybridized carbons (Fsp3) is 0.279. The Bertz CT molecular complexity index is 1990. The van der Waals surface area contributed by atoms with Crippen LogP contribution in [-0.2, 0) is 11.8 Å². The summed E-state index contributed by atoms with van der Waals surface area (Å²) in [4.78, 5) is 12.1. The van der Waals surface area contributed by atoms with Gasteiger partial charge in [-0.1, -0.05) is 84.9 Å². The van der Waals surface area contributed by atoms with Gasteiger partial charge in [0.15, 0.2) is 0 Å². The first-order chi connectivity index (χ1) is 22.9. The highest BCUT2D eigenvalue weighted by Gasteiger charge is 2.52.